The van der Waals surface area contributed by atoms with E-state index in [4.69, 9.17) is 4.74 Å². The van der Waals surface area contributed by atoms with Crippen LogP contribution >= 0.6 is 0 Å². The molecule has 0 heterocycles. The van der Waals surface area contributed by atoms with Gasteiger partial charge < -0.3 is 15.4 Å². The highest BCUT2D eigenvalue weighted by Gasteiger charge is 2.15. The van der Waals surface area contributed by atoms with Gasteiger partial charge in [0.15, 0.2) is 5.78 Å². The number of para-hydroxylation sites is 2. The van der Waals surface area contributed by atoms with Crippen molar-refractivity contribution in [2.45, 2.75) is 26.2 Å². The van der Waals surface area contributed by atoms with E-state index in [-0.39, 0.29) is 11.2 Å². The fraction of sp³-hybridized carbons (Fsp3) is 0.200. The normalized spacial score (nSPS) is 10.9. The maximum Gasteiger partial charge on any atom is 0.323 e. The van der Waals surface area contributed by atoms with Crippen LogP contribution in [0, 0.1) is 0 Å². The molecule has 3 rings (SSSR count). The Balaban J connectivity index is 1.72. The lowest BCUT2D eigenvalue weighted by Crippen LogP contribution is -2.20. The van der Waals surface area contributed by atoms with E-state index in [1.165, 1.54) is 5.56 Å². The number of hydrogen-bond acceptors (Lipinski definition) is 3. The van der Waals surface area contributed by atoms with E-state index in [0.29, 0.717) is 28.3 Å². The SMILES string of the molecule is COc1ccccc1NC(=O)Nc1cccc(C(=O)c2ccc(C(C)(C)C)cc2)c1. The first-order valence-corrected chi connectivity index (χ1v) is 9.74. The number of ketones is 1. The number of benzene rings is 3. The van der Waals surface area contributed by atoms with Crippen LogP contribution < -0.4 is 15.4 Å². The molecule has 0 aliphatic heterocycles. The van der Waals surface area contributed by atoms with Crippen LogP contribution in [0.4, 0.5) is 16.2 Å². The third-order valence-corrected chi connectivity index (χ3v) is 4.75. The van der Waals surface area contributed by atoms with E-state index in [2.05, 4.69) is 31.4 Å². The zero-order valence-electron chi connectivity index (χ0n) is 17.7. The van der Waals surface area contributed by atoms with Crippen molar-refractivity contribution in [3.63, 3.8) is 0 Å². The number of methoxy groups -OCH3 is 1. The summed E-state index contributed by atoms with van der Waals surface area (Å²) in [4.78, 5) is 25.2. The van der Waals surface area contributed by atoms with Gasteiger partial charge in [-0.1, -0.05) is 69.3 Å². The van der Waals surface area contributed by atoms with Gasteiger partial charge in [0.1, 0.15) is 5.75 Å². The molecule has 0 bridgehead atoms. The van der Waals surface area contributed by atoms with Crippen molar-refractivity contribution < 1.29 is 14.3 Å². The Morgan fingerprint density at radius 1 is 0.800 bits per heavy atom. The summed E-state index contributed by atoms with van der Waals surface area (Å²) in [6.07, 6.45) is 0. The lowest BCUT2D eigenvalue weighted by Gasteiger charge is -2.19. The summed E-state index contributed by atoms with van der Waals surface area (Å²) < 4.78 is 5.24. The molecule has 0 spiro atoms. The summed E-state index contributed by atoms with van der Waals surface area (Å²) in [5.41, 5.74) is 3.40. The monoisotopic (exact) mass is 402 g/mol. The number of hydrogen-bond donors (Lipinski definition) is 2. The summed E-state index contributed by atoms with van der Waals surface area (Å²) in [5.74, 6) is 0.472. The molecule has 2 N–H and O–H groups in total. The van der Waals surface area contributed by atoms with Crippen LogP contribution in [0.2, 0.25) is 0 Å². The summed E-state index contributed by atoms with van der Waals surface area (Å²) in [5, 5.41) is 5.51. The van der Waals surface area contributed by atoms with Gasteiger partial charge in [-0.2, -0.15) is 0 Å². The average molecular weight is 402 g/mol. The molecule has 3 aromatic carbocycles. The fourth-order valence-electron chi connectivity index (χ4n) is 3.06. The fourth-order valence-corrected chi connectivity index (χ4v) is 3.06. The molecule has 154 valence electrons. The smallest absolute Gasteiger partial charge is 0.323 e. The standard InChI is InChI=1S/C25H26N2O3/c1-25(2,3)19-14-12-17(13-15-19)23(28)18-8-7-9-20(16-18)26-24(29)27-21-10-5-6-11-22(21)30-4/h5-16H,1-4H3,(H2,26,27,29). The third-order valence-electron chi connectivity index (χ3n) is 4.75. The first-order valence-electron chi connectivity index (χ1n) is 9.74. The number of urea groups is 1. The number of rotatable bonds is 5. The van der Waals surface area contributed by atoms with Gasteiger partial charge in [0.25, 0.3) is 0 Å². The highest BCUT2D eigenvalue weighted by atomic mass is 16.5. The Hall–Kier alpha value is -3.60. The van der Waals surface area contributed by atoms with E-state index in [1.54, 1.807) is 43.5 Å². The molecule has 0 saturated carbocycles. The van der Waals surface area contributed by atoms with Crippen molar-refractivity contribution in [1.29, 1.82) is 0 Å². The van der Waals surface area contributed by atoms with Crippen molar-refractivity contribution in [2.24, 2.45) is 0 Å². The van der Waals surface area contributed by atoms with Gasteiger partial charge in [0.05, 0.1) is 12.8 Å². The molecule has 0 saturated heterocycles. The summed E-state index contributed by atoms with van der Waals surface area (Å²) in [6.45, 7) is 6.40. The average Bonchev–Trinajstić information content (AvgIpc) is 2.73. The van der Waals surface area contributed by atoms with Crippen LogP contribution in [0.15, 0.2) is 72.8 Å². The third kappa shape index (κ3) is 5.06. The van der Waals surface area contributed by atoms with Gasteiger partial charge in [-0.3, -0.25) is 4.79 Å². The van der Waals surface area contributed by atoms with E-state index in [0.717, 1.165) is 0 Å². The number of anilines is 2. The Morgan fingerprint density at radius 3 is 2.17 bits per heavy atom. The molecule has 3 aromatic rings. The van der Waals surface area contributed by atoms with Gasteiger partial charge in [-0.05, 0) is 35.2 Å². The van der Waals surface area contributed by atoms with Gasteiger partial charge in [-0.25, -0.2) is 4.79 Å². The molecule has 2 amide bonds. The Kier molecular flexibility index (Phi) is 6.21. The number of carbonyl (C=O) groups is 2. The molecule has 0 unspecified atom stereocenters. The second-order valence-electron chi connectivity index (χ2n) is 8.02. The van der Waals surface area contributed by atoms with Crippen molar-refractivity contribution >= 4 is 23.2 Å². The number of amides is 2. The minimum absolute atomic E-state index is 0.0280. The second-order valence-corrected chi connectivity index (χ2v) is 8.02. The lowest BCUT2D eigenvalue weighted by atomic mass is 9.86. The predicted molar refractivity (Wildman–Crippen MR) is 121 cm³/mol. The van der Waals surface area contributed by atoms with Gasteiger partial charge in [-0.15, -0.1) is 0 Å². The highest BCUT2D eigenvalue weighted by molar-refractivity contribution is 6.10. The maximum absolute atomic E-state index is 12.9. The van der Waals surface area contributed by atoms with Crippen LogP contribution in [0.3, 0.4) is 0 Å². The minimum Gasteiger partial charge on any atom is -0.495 e. The van der Waals surface area contributed by atoms with E-state index in [9.17, 15) is 9.59 Å². The van der Waals surface area contributed by atoms with E-state index < -0.39 is 6.03 Å². The quantitative estimate of drug-likeness (QED) is 0.525. The topological polar surface area (TPSA) is 67.4 Å². The Labute approximate surface area is 177 Å². The molecule has 5 nitrogen and oxygen atoms in total. The van der Waals surface area contributed by atoms with Crippen molar-refractivity contribution in [3.05, 3.63) is 89.5 Å². The summed E-state index contributed by atoms with van der Waals surface area (Å²) >= 11 is 0. The molecule has 0 aliphatic carbocycles. The summed E-state index contributed by atoms with van der Waals surface area (Å²) in [6, 6.07) is 21.3. The minimum atomic E-state index is -0.418. The number of nitrogens with one attached hydrogen (secondary N) is 2. The van der Waals surface area contributed by atoms with Crippen LogP contribution in [0.1, 0.15) is 42.3 Å². The Morgan fingerprint density at radius 2 is 1.50 bits per heavy atom. The molecule has 0 radical (unpaired) electrons. The van der Waals surface area contributed by atoms with Crippen LogP contribution in [-0.2, 0) is 5.41 Å². The van der Waals surface area contributed by atoms with Gasteiger partial charge in [0, 0.05) is 16.8 Å². The van der Waals surface area contributed by atoms with Crippen molar-refractivity contribution in [1.82, 2.24) is 0 Å². The van der Waals surface area contributed by atoms with Crippen LogP contribution in [0.25, 0.3) is 0 Å². The molecule has 0 aromatic heterocycles. The zero-order valence-corrected chi connectivity index (χ0v) is 17.7. The molecule has 5 heteroatoms. The zero-order chi connectivity index (χ0) is 21.7. The molecular weight excluding hydrogens is 376 g/mol. The highest BCUT2D eigenvalue weighted by Crippen LogP contribution is 2.24. The van der Waals surface area contributed by atoms with Crippen molar-refractivity contribution in [3.8, 4) is 5.75 Å². The molecule has 0 atom stereocenters. The van der Waals surface area contributed by atoms with E-state index >= 15 is 0 Å². The maximum atomic E-state index is 12.9. The molecule has 0 aliphatic rings. The molecule has 0 fully saturated rings. The number of carbonyl (C=O) groups excluding carboxylic acids is 2. The summed E-state index contributed by atoms with van der Waals surface area (Å²) in [7, 11) is 1.54. The largest absolute Gasteiger partial charge is 0.495 e. The lowest BCUT2D eigenvalue weighted by molar-refractivity contribution is 0.103. The van der Waals surface area contributed by atoms with Gasteiger partial charge in [0.2, 0.25) is 0 Å². The van der Waals surface area contributed by atoms with Crippen LogP contribution in [-0.4, -0.2) is 18.9 Å². The second kappa shape index (κ2) is 8.82. The molecular formula is C25H26N2O3. The predicted octanol–water partition coefficient (Wildman–Crippen LogP) is 5.87. The Bertz CT molecular complexity index is 1050. The van der Waals surface area contributed by atoms with Gasteiger partial charge >= 0.3 is 6.03 Å². The number of ether oxygens (including phenoxy) is 1. The first kappa shape index (κ1) is 21.1. The van der Waals surface area contributed by atoms with Crippen molar-refractivity contribution in [2.75, 3.05) is 17.7 Å². The van der Waals surface area contributed by atoms with Crippen LogP contribution in [0.5, 0.6) is 5.75 Å². The first-order chi connectivity index (χ1) is 14.3. The van der Waals surface area contributed by atoms with E-state index in [1.807, 2.05) is 36.4 Å². The molecule has 30 heavy (non-hydrogen) atoms.